The molecule has 0 aromatic heterocycles. The number of amides is 1. The van der Waals surface area contributed by atoms with Crippen molar-refractivity contribution in [1.29, 1.82) is 0 Å². The monoisotopic (exact) mass is 420 g/mol. The lowest BCUT2D eigenvalue weighted by Crippen LogP contribution is -2.42. The summed E-state index contributed by atoms with van der Waals surface area (Å²) in [6.45, 7) is 3.11. The van der Waals surface area contributed by atoms with E-state index in [2.05, 4.69) is 5.32 Å². The molecule has 0 spiro atoms. The highest BCUT2D eigenvalue weighted by Gasteiger charge is 2.26. The van der Waals surface area contributed by atoms with Crippen molar-refractivity contribution >= 4 is 21.6 Å². The molecule has 1 amide bonds. The highest BCUT2D eigenvalue weighted by atomic mass is 32.2. The van der Waals surface area contributed by atoms with Gasteiger partial charge in [-0.15, -0.1) is 0 Å². The molecule has 2 aromatic rings. The Morgan fingerprint density at radius 1 is 1.17 bits per heavy atom. The Bertz CT molecular complexity index is 975. The van der Waals surface area contributed by atoms with Gasteiger partial charge in [-0.05, 0) is 43.7 Å². The molecule has 0 saturated heterocycles. The molecule has 3 rings (SSSR count). The highest BCUT2D eigenvalue weighted by molar-refractivity contribution is 7.92. The number of carbonyl (C=O) groups excluding carboxylic acids is 1. The summed E-state index contributed by atoms with van der Waals surface area (Å²) in [6, 6.07) is 11.8. The number of hydrogen-bond acceptors (Lipinski definition) is 6. The number of rotatable bonds is 8. The van der Waals surface area contributed by atoms with Gasteiger partial charge in [0.15, 0.2) is 11.5 Å². The van der Waals surface area contributed by atoms with E-state index in [-0.39, 0.29) is 25.1 Å². The van der Waals surface area contributed by atoms with Crippen molar-refractivity contribution in [3.63, 3.8) is 0 Å². The molecule has 0 saturated carbocycles. The molecule has 0 radical (unpaired) electrons. The highest BCUT2D eigenvalue weighted by Crippen LogP contribution is 2.36. The molecule has 1 heterocycles. The van der Waals surface area contributed by atoms with Gasteiger partial charge in [0.25, 0.3) is 0 Å². The van der Waals surface area contributed by atoms with Crippen LogP contribution >= 0.6 is 0 Å². The first-order valence-electron chi connectivity index (χ1n) is 9.17. The predicted octanol–water partition coefficient (Wildman–Crippen LogP) is 2.46. The van der Waals surface area contributed by atoms with Crippen LogP contribution in [0.4, 0.5) is 5.69 Å². The third-order valence-electron chi connectivity index (χ3n) is 4.63. The Morgan fingerprint density at radius 2 is 1.86 bits per heavy atom. The van der Waals surface area contributed by atoms with E-state index in [1.165, 1.54) is 6.92 Å². The molecule has 1 aliphatic heterocycles. The van der Waals surface area contributed by atoms with Gasteiger partial charge < -0.3 is 19.5 Å². The molecular formula is C20H24N2O6S. The van der Waals surface area contributed by atoms with Gasteiger partial charge in [0.2, 0.25) is 22.7 Å². The molecule has 0 fully saturated rings. The van der Waals surface area contributed by atoms with Gasteiger partial charge in [-0.1, -0.05) is 12.1 Å². The summed E-state index contributed by atoms with van der Waals surface area (Å²) in [4.78, 5) is 12.6. The van der Waals surface area contributed by atoms with Gasteiger partial charge in [0, 0.05) is 6.07 Å². The van der Waals surface area contributed by atoms with Crippen molar-refractivity contribution in [1.82, 2.24) is 5.32 Å². The summed E-state index contributed by atoms with van der Waals surface area (Å²) >= 11 is 0. The maximum atomic E-state index is 12.6. The molecule has 0 unspecified atom stereocenters. The standard InChI is InChI=1S/C20H24N2O6S/c1-4-29(24,25)22(16-7-10-18-19(11-16)28-13-27-18)12-20(23)21-14(2)15-5-8-17(26-3)9-6-15/h5-11,14H,4,12-13H2,1-3H3,(H,21,23)/t14-/m0/s1. The van der Waals surface area contributed by atoms with Crippen LogP contribution in [-0.4, -0.2) is 40.5 Å². The zero-order valence-electron chi connectivity index (χ0n) is 16.5. The Labute approximate surface area is 170 Å². The van der Waals surface area contributed by atoms with Gasteiger partial charge in [-0.3, -0.25) is 9.10 Å². The van der Waals surface area contributed by atoms with Crippen LogP contribution in [0.15, 0.2) is 42.5 Å². The van der Waals surface area contributed by atoms with Gasteiger partial charge in [-0.25, -0.2) is 8.42 Å². The Hall–Kier alpha value is -2.94. The van der Waals surface area contributed by atoms with Gasteiger partial charge >= 0.3 is 0 Å². The molecule has 29 heavy (non-hydrogen) atoms. The molecule has 0 aliphatic carbocycles. The molecule has 1 atom stereocenters. The zero-order valence-corrected chi connectivity index (χ0v) is 17.4. The molecule has 0 bridgehead atoms. The van der Waals surface area contributed by atoms with Crippen molar-refractivity contribution in [3.05, 3.63) is 48.0 Å². The van der Waals surface area contributed by atoms with E-state index in [0.717, 1.165) is 15.6 Å². The number of methoxy groups -OCH3 is 1. The molecular weight excluding hydrogens is 396 g/mol. The van der Waals surface area contributed by atoms with E-state index in [1.54, 1.807) is 37.4 Å². The normalized spacial score (nSPS) is 13.6. The van der Waals surface area contributed by atoms with E-state index in [0.29, 0.717) is 17.2 Å². The minimum atomic E-state index is -3.68. The van der Waals surface area contributed by atoms with Crippen LogP contribution in [0.5, 0.6) is 17.2 Å². The van der Waals surface area contributed by atoms with Crippen LogP contribution in [0.3, 0.4) is 0 Å². The first kappa shape index (κ1) is 20.8. The molecule has 1 N–H and O–H groups in total. The minimum absolute atomic E-state index is 0.0825. The van der Waals surface area contributed by atoms with Gasteiger partial charge in [0.05, 0.1) is 24.6 Å². The van der Waals surface area contributed by atoms with E-state index in [9.17, 15) is 13.2 Å². The predicted molar refractivity (Wildman–Crippen MR) is 109 cm³/mol. The van der Waals surface area contributed by atoms with E-state index < -0.39 is 15.9 Å². The van der Waals surface area contributed by atoms with Crippen LogP contribution in [0, 0.1) is 0 Å². The lowest BCUT2D eigenvalue weighted by atomic mass is 10.1. The third kappa shape index (κ3) is 4.73. The topological polar surface area (TPSA) is 94.2 Å². The smallest absolute Gasteiger partial charge is 0.241 e. The maximum absolute atomic E-state index is 12.6. The quantitative estimate of drug-likeness (QED) is 0.705. The lowest BCUT2D eigenvalue weighted by Gasteiger charge is -2.24. The SMILES string of the molecule is CCS(=O)(=O)N(CC(=O)N[C@@H](C)c1ccc(OC)cc1)c1ccc2c(c1)OCO2. The third-order valence-corrected chi connectivity index (χ3v) is 6.37. The van der Waals surface area contributed by atoms with Crippen LogP contribution in [0.2, 0.25) is 0 Å². The van der Waals surface area contributed by atoms with Crippen molar-refractivity contribution in [2.24, 2.45) is 0 Å². The largest absolute Gasteiger partial charge is 0.497 e. The van der Waals surface area contributed by atoms with Crippen LogP contribution in [-0.2, 0) is 14.8 Å². The summed E-state index contributed by atoms with van der Waals surface area (Å²) in [5.41, 5.74) is 1.23. The van der Waals surface area contributed by atoms with Gasteiger partial charge in [-0.2, -0.15) is 0 Å². The number of anilines is 1. The molecule has 156 valence electrons. The van der Waals surface area contributed by atoms with Crippen LogP contribution < -0.4 is 23.8 Å². The summed E-state index contributed by atoms with van der Waals surface area (Å²) in [6.07, 6.45) is 0. The first-order chi connectivity index (χ1) is 13.8. The molecule has 2 aromatic carbocycles. The average molecular weight is 420 g/mol. The average Bonchev–Trinajstić information content (AvgIpc) is 3.19. The number of sulfonamides is 1. The maximum Gasteiger partial charge on any atom is 0.241 e. The Morgan fingerprint density at radius 3 is 2.52 bits per heavy atom. The van der Waals surface area contributed by atoms with Crippen molar-refractivity contribution in [2.45, 2.75) is 19.9 Å². The minimum Gasteiger partial charge on any atom is -0.497 e. The number of carbonyl (C=O) groups is 1. The molecule has 8 nitrogen and oxygen atoms in total. The fraction of sp³-hybridized carbons (Fsp3) is 0.350. The number of fused-ring (bicyclic) bond motifs is 1. The van der Waals surface area contributed by atoms with Crippen molar-refractivity contribution in [3.8, 4) is 17.2 Å². The number of nitrogens with zero attached hydrogens (tertiary/aromatic N) is 1. The van der Waals surface area contributed by atoms with E-state index in [4.69, 9.17) is 14.2 Å². The summed E-state index contributed by atoms with van der Waals surface area (Å²) < 4.78 is 42.1. The van der Waals surface area contributed by atoms with Crippen molar-refractivity contribution in [2.75, 3.05) is 30.5 Å². The number of ether oxygens (including phenoxy) is 3. The van der Waals surface area contributed by atoms with Crippen LogP contribution in [0.25, 0.3) is 0 Å². The van der Waals surface area contributed by atoms with Gasteiger partial charge in [0.1, 0.15) is 12.3 Å². The zero-order chi connectivity index (χ0) is 21.0. The second-order valence-electron chi connectivity index (χ2n) is 6.51. The fourth-order valence-corrected chi connectivity index (χ4v) is 4.00. The number of hydrogen-bond donors (Lipinski definition) is 1. The fourth-order valence-electron chi connectivity index (χ4n) is 2.94. The summed E-state index contributed by atoms with van der Waals surface area (Å²) in [7, 11) is -2.09. The van der Waals surface area contributed by atoms with Crippen LogP contribution in [0.1, 0.15) is 25.5 Å². The number of nitrogens with one attached hydrogen (secondary N) is 1. The first-order valence-corrected chi connectivity index (χ1v) is 10.8. The van der Waals surface area contributed by atoms with E-state index in [1.807, 2.05) is 19.1 Å². The lowest BCUT2D eigenvalue weighted by molar-refractivity contribution is -0.120. The Balaban J connectivity index is 1.76. The number of benzene rings is 2. The van der Waals surface area contributed by atoms with E-state index >= 15 is 0 Å². The second-order valence-corrected chi connectivity index (χ2v) is 8.69. The Kier molecular flexibility index (Phi) is 6.17. The molecule has 1 aliphatic rings. The van der Waals surface area contributed by atoms with Crippen molar-refractivity contribution < 1.29 is 27.4 Å². The summed E-state index contributed by atoms with van der Waals surface area (Å²) in [5.74, 6) is 1.16. The summed E-state index contributed by atoms with van der Waals surface area (Å²) in [5, 5.41) is 2.84. The second kappa shape index (κ2) is 8.60. The molecule has 9 heteroatoms.